The quantitative estimate of drug-likeness (QED) is 0.712. The predicted molar refractivity (Wildman–Crippen MR) is 95.5 cm³/mol. The lowest BCUT2D eigenvalue weighted by Crippen LogP contribution is -2.29. The maximum atomic E-state index is 6.13. The Labute approximate surface area is 136 Å². The normalized spacial score (nSPS) is 16.0. The maximum absolute atomic E-state index is 6.13. The van der Waals surface area contributed by atoms with Crippen LogP contribution in [0.4, 0.5) is 5.69 Å². The zero-order valence-electron chi connectivity index (χ0n) is 13.4. The minimum atomic E-state index is 0.487. The standard InChI is InChI=1S/C19H22N4/c1-13-6-7-14(12-16(13)20)19-22-17-4-2-3-5-18(17)23(19)15-8-10-21-11-9-15/h2-7,12,15,21H,8-11,20H2,1H3. The lowest BCUT2D eigenvalue weighted by molar-refractivity contribution is 0.377. The summed E-state index contributed by atoms with van der Waals surface area (Å²) >= 11 is 0. The second-order valence-corrected chi connectivity index (χ2v) is 6.35. The van der Waals surface area contributed by atoms with E-state index >= 15 is 0 Å². The molecule has 4 rings (SSSR count). The highest BCUT2D eigenvalue weighted by atomic mass is 15.1. The number of aryl methyl sites for hydroxylation is 1. The van der Waals surface area contributed by atoms with Gasteiger partial charge in [-0.25, -0.2) is 4.98 Å². The minimum absolute atomic E-state index is 0.487. The molecule has 4 nitrogen and oxygen atoms in total. The van der Waals surface area contributed by atoms with Gasteiger partial charge in [0.2, 0.25) is 0 Å². The van der Waals surface area contributed by atoms with Crippen LogP contribution in [0.25, 0.3) is 22.4 Å². The van der Waals surface area contributed by atoms with Crippen LogP contribution in [0.5, 0.6) is 0 Å². The highest BCUT2D eigenvalue weighted by Crippen LogP contribution is 2.33. The summed E-state index contributed by atoms with van der Waals surface area (Å²) in [5.41, 5.74) is 11.4. The summed E-state index contributed by atoms with van der Waals surface area (Å²) in [6.07, 6.45) is 2.27. The van der Waals surface area contributed by atoms with Crippen LogP contribution < -0.4 is 11.1 Å². The van der Waals surface area contributed by atoms with Gasteiger partial charge in [-0.1, -0.05) is 24.3 Å². The average Bonchev–Trinajstić information content (AvgIpc) is 2.97. The molecule has 0 spiro atoms. The average molecular weight is 306 g/mol. The molecule has 4 heteroatoms. The van der Waals surface area contributed by atoms with Gasteiger partial charge in [0.25, 0.3) is 0 Å². The molecule has 3 aromatic rings. The van der Waals surface area contributed by atoms with Crippen molar-refractivity contribution >= 4 is 16.7 Å². The van der Waals surface area contributed by atoms with E-state index in [1.54, 1.807) is 0 Å². The van der Waals surface area contributed by atoms with Crippen molar-refractivity contribution in [3.05, 3.63) is 48.0 Å². The van der Waals surface area contributed by atoms with Crippen LogP contribution in [-0.4, -0.2) is 22.6 Å². The van der Waals surface area contributed by atoms with E-state index in [1.807, 2.05) is 13.0 Å². The minimum Gasteiger partial charge on any atom is -0.398 e. The highest BCUT2D eigenvalue weighted by molar-refractivity contribution is 5.81. The van der Waals surface area contributed by atoms with Crippen LogP contribution in [0.2, 0.25) is 0 Å². The van der Waals surface area contributed by atoms with Crippen molar-refractivity contribution in [1.29, 1.82) is 0 Å². The summed E-state index contributed by atoms with van der Waals surface area (Å²) in [5, 5.41) is 3.45. The SMILES string of the molecule is Cc1ccc(-c2nc3ccccc3n2C2CCNCC2)cc1N. The molecule has 1 aliphatic heterocycles. The number of nitrogens with two attached hydrogens (primary N) is 1. The first-order chi connectivity index (χ1) is 11.2. The molecule has 1 fully saturated rings. The molecule has 1 aromatic heterocycles. The number of anilines is 1. The zero-order chi connectivity index (χ0) is 15.8. The summed E-state index contributed by atoms with van der Waals surface area (Å²) < 4.78 is 2.42. The summed E-state index contributed by atoms with van der Waals surface area (Å²) in [4.78, 5) is 4.92. The Morgan fingerprint density at radius 2 is 1.91 bits per heavy atom. The topological polar surface area (TPSA) is 55.9 Å². The molecule has 0 atom stereocenters. The van der Waals surface area contributed by atoms with Gasteiger partial charge in [-0.15, -0.1) is 0 Å². The largest absolute Gasteiger partial charge is 0.398 e. The van der Waals surface area contributed by atoms with Crippen LogP contribution in [-0.2, 0) is 0 Å². The number of rotatable bonds is 2. The summed E-state index contributed by atoms with van der Waals surface area (Å²) in [5.74, 6) is 1.03. The van der Waals surface area contributed by atoms with Crippen molar-refractivity contribution in [2.24, 2.45) is 0 Å². The van der Waals surface area contributed by atoms with E-state index in [0.717, 1.165) is 54.1 Å². The van der Waals surface area contributed by atoms with Gasteiger partial charge in [-0.2, -0.15) is 0 Å². The fraction of sp³-hybridized carbons (Fsp3) is 0.316. The smallest absolute Gasteiger partial charge is 0.141 e. The molecular weight excluding hydrogens is 284 g/mol. The molecule has 118 valence electrons. The molecule has 3 N–H and O–H groups in total. The van der Waals surface area contributed by atoms with E-state index in [-0.39, 0.29) is 0 Å². The van der Waals surface area contributed by atoms with Crippen LogP contribution >= 0.6 is 0 Å². The second-order valence-electron chi connectivity index (χ2n) is 6.35. The number of fused-ring (bicyclic) bond motifs is 1. The monoisotopic (exact) mass is 306 g/mol. The van der Waals surface area contributed by atoms with Crippen LogP contribution in [0.3, 0.4) is 0 Å². The fourth-order valence-corrected chi connectivity index (χ4v) is 3.46. The zero-order valence-corrected chi connectivity index (χ0v) is 13.4. The van der Waals surface area contributed by atoms with Gasteiger partial charge >= 0.3 is 0 Å². The molecule has 0 aliphatic carbocycles. The van der Waals surface area contributed by atoms with Crippen molar-refractivity contribution in [3.8, 4) is 11.4 Å². The molecule has 23 heavy (non-hydrogen) atoms. The number of hydrogen-bond donors (Lipinski definition) is 2. The van der Waals surface area contributed by atoms with E-state index in [0.29, 0.717) is 6.04 Å². The number of benzene rings is 2. The van der Waals surface area contributed by atoms with Crippen molar-refractivity contribution in [1.82, 2.24) is 14.9 Å². The number of nitrogens with one attached hydrogen (secondary N) is 1. The van der Waals surface area contributed by atoms with Gasteiger partial charge in [-0.3, -0.25) is 0 Å². The molecule has 0 unspecified atom stereocenters. The molecule has 0 radical (unpaired) electrons. The van der Waals surface area contributed by atoms with Gasteiger partial charge < -0.3 is 15.6 Å². The summed E-state index contributed by atoms with van der Waals surface area (Å²) in [6, 6.07) is 15.2. The van der Waals surface area contributed by atoms with Gasteiger partial charge in [0.1, 0.15) is 5.82 Å². The number of aromatic nitrogens is 2. The molecule has 2 heterocycles. The lowest BCUT2D eigenvalue weighted by atomic mass is 10.0. The number of piperidine rings is 1. The van der Waals surface area contributed by atoms with Gasteiger partial charge in [0, 0.05) is 17.3 Å². The van der Waals surface area contributed by atoms with Crippen LogP contribution in [0.15, 0.2) is 42.5 Å². The number of nitrogens with zero attached hydrogens (tertiary/aromatic N) is 2. The first-order valence-corrected chi connectivity index (χ1v) is 8.28. The molecular formula is C19H22N4. The van der Waals surface area contributed by atoms with Crippen molar-refractivity contribution in [2.45, 2.75) is 25.8 Å². The first-order valence-electron chi connectivity index (χ1n) is 8.28. The number of hydrogen-bond acceptors (Lipinski definition) is 3. The van der Waals surface area contributed by atoms with Crippen molar-refractivity contribution in [3.63, 3.8) is 0 Å². The van der Waals surface area contributed by atoms with Gasteiger partial charge in [-0.05, 0) is 56.6 Å². The maximum Gasteiger partial charge on any atom is 0.141 e. The summed E-state index contributed by atoms with van der Waals surface area (Å²) in [6.45, 7) is 4.16. The molecule has 1 saturated heterocycles. The number of nitrogen functional groups attached to an aromatic ring is 1. The Kier molecular flexibility index (Phi) is 3.54. The van der Waals surface area contributed by atoms with Crippen LogP contribution in [0, 0.1) is 6.92 Å². The molecule has 0 bridgehead atoms. The first kappa shape index (κ1) is 14.3. The predicted octanol–water partition coefficient (Wildman–Crippen LogP) is 3.52. The Balaban J connectivity index is 1.92. The van der Waals surface area contributed by atoms with Crippen molar-refractivity contribution < 1.29 is 0 Å². The third-order valence-corrected chi connectivity index (χ3v) is 4.81. The number of para-hydroxylation sites is 2. The molecule has 1 aliphatic rings. The lowest BCUT2D eigenvalue weighted by Gasteiger charge is -2.26. The van der Waals surface area contributed by atoms with E-state index in [1.165, 1.54) is 5.52 Å². The number of imidazole rings is 1. The molecule has 0 amide bonds. The Bertz CT molecular complexity index is 844. The highest BCUT2D eigenvalue weighted by Gasteiger charge is 2.22. The molecule has 0 saturated carbocycles. The fourth-order valence-electron chi connectivity index (χ4n) is 3.46. The molecule has 2 aromatic carbocycles. The summed E-state index contributed by atoms with van der Waals surface area (Å²) in [7, 11) is 0. The Morgan fingerprint density at radius 3 is 2.70 bits per heavy atom. The Morgan fingerprint density at radius 1 is 1.13 bits per heavy atom. The third-order valence-electron chi connectivity index (χ3n) is 4.81. The van der Waals surface area contributed by atoms with E-state index in [2.05, 4.69) is 46.3 Å². The van der Waals surface area contributed by atoms with Crippen LogP contribution in [0.1, 0.15) is 24.4 Å². The van der Waals surface area contributed by atoms with Gasteiger partial charge in [0.15, 0.2) is 0 Å². The van der Waals surface area contributed by atoms with E-state index < -0.39 is 0 Å². The van der Waals surface area contributed by atoms with E-state index in [4.69, 9.17) is 10.7 Å². The van der Waals surface area contributed by atoms with Crippen molar-refractivity contribution in [2.75, 3.05) is 18.8 Å². The van der Waals surface area contributed by atoms with Gasteiger partial charge in [0.05, 0.1) is 11.0 Å². The third kappa shape index (κ3) is 2.49. The van der Waals surface area contributed by atoms with E-state index in [9.17, 15) is 0 Å². The second kappa shape index (κ2) is 5.70. The Hall–Kier alpha value is -2.33.